The number of pyridine rings is 1. The molecule has 2 unspecified atom stereocenters. The largest absolute Gasteiger partial charge is 0.337 e. The summed E-state index contributed by atoms with van der Waals surface area (Å²) >= 11 is 5.93. The van der Waals surface area contributed by atoms with Crippen molar-refractivity contribution in [1.82, 2.24) is 26.0 Å². The first kappa shape index (κ1) is 14.3. The second-order valence-electron chi connectivity index (χ2n) is 5.38. The van der Waals surface area contributed by atoms with E-state index in [9.17, 15) is 0 Å². The molecule has 0 radical (unpaired) electrons. The molecule has 4 rings (SSSR count). The Morgan fingerprint density at radius 1 is 1.09 bits per heavy atom. The minimum atomic E-state index is -0.0337. The van der Waals surface area contributed by atoms with E-state index in [2.05, 4.69) is 26.0 Å². The van der Waals surface area contributed by atoms with Crippen molar-refractivity contribution in [1.29, 1.82) is 0 Å². The van der Waals surface area contributed by atoms with E-state index in [0.717, 1.165) is 22.6 Å². The van der Waals surface area contributed by atoms with Crippen LogP contribution in [0.15, 0.2) is 53.3 Å². The lowest BCUT2D eigenvalue weighted by molar-refractivity contribution is 0.340. The van der Waals surface area contributed by atoms with Crippen molar-refractivity contribution in [2.45, 2.75) is 18.5 Å². The molecule has 1 fully saturated rings. The topological polar surface area (TPSA) is 75.9 Å². The lowest BCUT2D eigenvalue weighted by Crippen LogP contribution is -2.26. The average Bonchev–Trinajstić information content (AvgIpc) is 3.26. The normalized spacial score (nSPS) is 20.7. The van der Waals surface area contributed by atoms with Gasteiger partial charge >= 0.3 is 0 Å². The van der Waals surface area contributed by atoms with Crippen molar-refractivity contribution in [3.63, 3.8) is 0 Å². The fourth-order valence-corrected chi connectivity index (χ4v) is 2.75. The molecule has 2 atom stereocenters. The van der Waals surface area contributed by atoms with Gasteiger partial charge in [-0.1, -0.05) is 28.9 Å². The summed E-state index contributed by atoms with van der Waals surface area (Å²) in [5.41, 5.74) is 8.46. The molecule has 1 aromatic carbocycles. The van der Waals surface area contributed by atoms with Gasteiger partial charge in [0.05, 0.1) is 0 Å². The van der Waals surface area contributed by atoms with Crippen LogP contribution in [0.2, 0.25) is 5.02 Å². The van der Waals surface area contributed by atoms with E-state index in [1.807, 2.05) is 36.4 Å². The summed E-state index contributed by atoms with van der Waals surface area (Å²) in [5.74, 6) is 1.11. The summed E-state index contributed by atoms with van der Waals surface area (Å²) < 4.78 is 5.39. The molecule has 0 bridgehead atoms. The number of nitrogens with zero attached hydrogens (tertiary/aromatic N) is 3. The Kier molecular flexibility index (Phi) is 3.78. The van der Waals surface area contributed by atoms with Crippen molar-refractivity contribution < 1.29 is 4.52 Å². The number of hydrogen-bond donors (Lipinski definition) is 2. The highest BCUT2D eigenvalue weighted by Gasteiger charge is 2.30. The molecular weight excluding hydrogens is 314 g/mol. The molecule has 6 nitrogen and oxygen atoms in total. The van der Waals surface area contributed by atoms with Gasteiger partial charge in [-0.2, -0.15) is 4.98 Å². The number of nitrogens with one attached hydrogen (secondary N) is 2. The van der Waals surface area contributed by atoms with Gasteiger partial charge in [-0.05, 0) is 36.2 Å². The van der Waals surface area contributed by atoms with Gasteiger partial charge in [-0.3, -0.25) is 4.98 Å². The van der Waals surface area contributed by atoms with Crippen LogP contribution in [0.5, 0.6) is 0 Å². The minimum absolute atomic E-state index is 0.0337. The minimum Gasteiger partial charge on any atom is -0.337 e. The molecule has 23 heavy (non-hydrogen) atoms. The Labute approximate surface area is 137 Å². The van der Waals surface area contributed by atoms with Crippen LogP contribution in [0.3, 0.4) is 0 Å². The SMILES string of the molecule is Clc1ccc(C2CC(c3nc(-c4cccnc4)no3)NN2)cc1. The predicted molar refractivity (Wildman–Crippen MR) is 85.4 cm³/mol. The molecule has 7 heteroatoms. The summed E-state index contributed by atoms with van der Waals surface area (Å²) in [6, 6.07) is 11.7. The molecule has 0 saturated carbocycles. The van der Waals surface area contributed by atoms with Crippen molar-refractivity contribution >= 4 is 11.6 Å². The zero-order valence-corrected chi connectivity index (χ0v) is 12.9. The van der Waals surface area contributed by atoms with Gasteiger partial charge in [0.15, 0.2) is 0 Å². The number of halogens is 1. The molecule has 2 N–H and O–H groups in total. The van der Waals surface area contributed by atoms with Crippen LogP contribution in [0.25, 0.3) is 11.4 Å². The second-order valence-corrected chi connectivity index (χ2v) is 5.82. The van der Waals surface area contributed by atoms with Crippen LogP contribution in [0.1, 0.15) is 30.0 Å². The van der Waals surface area contributed by atoms with E-state index in [0.29, 0.717) is 11.7 Å². The summed E-state index contributed by atoms with van der Waals surface area (Å²) in [7, 11) is 0. The Bertz CT molecular complexity index is 790. The molecule has 0 spiro atoms. The van der Waals surface area contributed by atoms with E-state index < -0.39 is 0 Å². The van der Waals surface area contributed by atoms with E-state index in [4.69, 9.17) is 16.1 Å². The highest BCUT2D eigenvalue weighted by molar-refractivity contribution is 6.30. The van der Waals surface area contributed by atoms with Gasteiger partial charge in [0.2, 0.25) is 11.7 Å². The third kappa shape index (κ3) is 2.96. The summed E-state index contributed by atoms with van der Waals surface area (Å²) in [4.78, 5) is 8.53. The molecular formula is C16H14ClN5O. The maximum Gasteiger partial charge on any atom is 0.245 e. The highest BCUT2D eigenvalue weighted by atomic mass is 35.5. The van der Waals surface area contributed by atoms with Gasteiger partial charge in [0.25, 0.3) is 0 Å². The van der Waals surface area contributed by atoms with Gasteiger partial charge in [0.1, 0.15) is 6.04 Å². The zero-order valence-electron chi connectivity index (χ0n) is 12.1. The molecule has 3 heterocycles. The third-order valence-electron chi connectivity index (χ3n) is 3.84. The molecule has 1 aliphatic rings. The number of benzene rings is 1. The number of hydrogen-bond acceptors (Lipinski definition) is 6. The van der Waals surface area contributed by atoms with Crippen molar-refractivity contribution in [2.24, 2.45) is 0 Å². The van der Waals surface area contributed by atoms with Crippen LogP contribution in [0, 0.1) is 0 Å². The predicted octanol–water partition coefficient (Wildman–Crippen LogP) is 3.07. The van der Waals surface area contributed by atoms with Crippen LogP contribution in [0.4, 0.5) is 0 Å². The number of rotatable bonds is 3. The highest BCUT2D eigenvalue weighted by Crippen LogP contribution is 2.31. The molecule has 0 amide bonds. The van der Waals surface area contributed by atoms with E-state index in [-0.39, 0.29) is 12.1 Å². The Morgan fingerprint density at radius 3 is 2.70 bits per heavy atom. The standard InChI is InChI=1S/C16H14ClN5O/c17-12-5-3-10(4-6-12)13-8-14(21-20-13)16-19-15(22-23-16)11-2-1-7-18-9-11/h1-7,9,13-14,20-21H,8H2. The lowest BCUT2D eigenvalue weighted by atomic mass is 10.0. The van der Waals surface area contributed by atoms with E-state index in [1.54, 1.807) is 12.4 Å². The quantitative estimate of drug-likeness (QED) is 0.770. The molecule has 3 aromatic rings. The van der Waals surface area contributed by atoms with Crippen molar-refractivity contribution in [3.05, 3.63) is 65.3 Å². The van der Waals surface area contributed by atoms with Crippen LogP contribution in [-0.4, -0.2) is 15.1 Å². The van der Waals surface area contributed by atoms with E-state index in [1.165, 1.54) is 0 Å². The first-order chi connectivity index (χ1) is 11.3. The first-order valence-corrected chi connectivity index (χ1v) is 7.68. The van der Waals surface area contributed by atoms with Gasteiger partial charge < -0.3 is 4.52 Å². The molecule has 2 aromatic heterocycles. The molecule has 1 saturated heterocycles. The van der Waals surface area contributed by atoms with Gasteiger partial charge in [-0.15, -0.1) is 0 Å². The Hall–Kier alpha value is -2.28. The number of hydrazine groups is 1. The summed E-state index contributed by atoms with van der Waals surface area (Å²) in [6.07, 6.45) is 4.24. The van der Waals surface area contributed by atoms with Crippen LogP contribution >= 0.6 is 11.6 Å². The maximum atomic E-state index is 5.93. The summed E-state index contributed by atoms with van der Waals surface area (Å²) in [5, 5.41) is 4.76. The van der Waals surface area contributed by atoms with E-state index >= 15 is 0 Å². The molecule has 116 valence electrons. The maximum absolute atomic E-state index is 5.93. The monoisotopic (exact) mass is 327 g/mol. The first-order valence-electron chi connectivity index (χ1n) is 7.30. The lowest BCUT2D eigenvalue weighted by Gasteiger charge is -2.08. The average molecular weight is 328 g/mol. The third-order valence-corrected chi connectivity index (χ3v) is 4.09. The zero-order chi connectivity index (χ0) is 15.6. The summed E-state index contributed by atoms with van der Waals surface area (Å²) in [6.45, 7) is 0. The second kappa shape index (κ2) is 6.08. The Morgan fingerprint density at radius 2 is 1.91 bits per heavy atom. The van der Waals surface area contributed by atoms with Crippen molar-refractivity contribution in [3.8, 4) is 11.4 Å². The fraction of sp³-hybridized carbons (Fsp3) is 0.188. The smallest absolute Gasteiger partial charge is 0.245 e. The van der Waals surface area contributed by atoms with Crippen molar-refractivity contribution in [2.75, 3.05) is 0 Å². The van der Waals surface area contributed by atoms with Gasteiger partial charge in [-0.25, -0.2) is 10.9 Å². The van der Waals surface area contributed by atoms with Crippen LogP contribution < -0.4 is 10.9 Å². The fourth-order valence-electron chi connectivity index (χ4n) is 2.62. The van der Waals surface area contributed by atoms with Gasteiger partial charge in [0, 0.05) is 29.0 Å². The number of aromatic nitrogens is 3. The Balaban J connectivity index is 1.50. The molecule has 0 aliphatic carbocycles. The molecule has 1 aliphatic heterocycles. The van der Waals surface area contributed by atoms with Crippen LogP contribution in [-0.2, 0) is 0 Å².